The molecule has 0 bridgehead atoms. The van der Waals surface area contributed by atoms with Gasteiger partial charge in [0, 0.05) is 18.7 Å². The molecular formula is C17H24N4O3. The van der Waals surface area contributed by atoms with Gasteiger partial charge < -0.3 is 20.3 Å². The summed E-state index contributed by atoms with van der Waals surface area (Å²) in [5, 5.41) is 18.9. The Morgan fingerprint density at radius 3 is 2.67 bits per heavy atom. The minimum Gasteiger partial charge on any atom is -0.391 e. The van der Waals surface area contributed by atoms with Crippen LogP contribution in [0.3, 0.4) is 0 Å². The summed E-state index contributed by atoms with van der Waals surface area (Å²) in [6, 6.07) is 9.24. The number of aliphatic hydroxyl groups excluding tert-OH is 1. The van der Waals surface area contributed by atoms with E-state index >= 15 is 0 Å². The quantitative estimate of drug-likeness (QED) is 0.689. The second-order valence-electron chi connectivity index (χ2n) is 5.76. The molecule has 0 spiro atoms. The third kappa shape index (κ3) is 5.34. The maximum absolute atomic E-state index is 11.7. The molecule has 7 heteroatoms. The van der Waals surface area contributed by atoms with Crippen molar-refractivity contribution in [1.82, 2.24) is 20.8 Å². The van der Waals surface area contributed by atoms with Crippen LogP contribution in [0.1, 0.15) is 38.5 Å². The predicted octanol–water partition coefficient (Wildman–Crippen LogP) is 2.30. The normalized spacial score (nSPS) is 13.3. The van der Waals surface area contributed by atoms with Crippen molar-refractivity contribution in [3.63, 3.8) is 0 Å². The van der Waals surface area contributed by atoms with Crippen LogP contribution in [0, 0.1) is 0 Å². The Bertz CT molecular complexity index is 630. The van der Waals surface area contributed by atoms with Gasteiger partial charge in [-0.05, 0) is 6.42 Å². The number of hydrogen-bond donors (Lipinski definition) is 3. The number of carbonyl (C=O) groups is 1. The Balaban J connectivity index is 1.79. The van der Waals surface area contributed by atoms with Gasteiger partial charge in [0.2, 0.25) is 11.7 Å². The molecule has 2 amide bonds. The van der Waals surface area contributed by atoms with Gasteiger partial charge in [-0.3, -0.25) is 0 Å². The van der Waals surface area contributed by atoms with Crippen molar-refractivity contribution in [2.75, 3.05) is 13.1 Å². The van der Waals surface area contributed by atoms with Crippen LogP contribution in [0.25, 0.3) is 11.4 Å². The Labute approximate surface area is 141 Å². The van der Waals surface area contributed by atoms with Crippen LogP contribution in [-0.2, 0) is 0 Å². The Morgan fingerprint density at radius 1 is 1.25 bits per heavy atom. The molecule has 0 radical (unpaired) electrons. The number of aliphatic hydroxyl groups is 1. The number of carbonyl (C=O) groups excluding carboxylic acids is 1. The lowest BCUT2D eigenvalue weighted by Crippen LogP contribution is -2.41. The molecule has 2 rings (SSSR count). The first-order chi connectivity index (χ1) is 11.6. The molecular weight excluding hydrogens is 308 g/mol. The molecule has 0 aliphatic carbocycles. The smallest absolute Gasteiger partial charge is 0.314 e. The van der Waals surface area contributed by atoms with E-state index in [0.717, 1.165) is 12.0 Å². The maximum Gasteiger partial charge on any atom is 0.314 e. The fraction of sp³-hybridized carbons (Fsp3) is 0.471. The van der Waals surface area contributed by atoms with Crippen molar-refractivity contribution in [3.8, 4) is 11.4 Å². The molecule has 1 heterocycles. The first kappa shape index (κ1) is 17.9. The standard InChI is InChI=1S/C17H24N4O3/c1-3-7-14(22)11-19-17(23)18-10-12(2)16-20-15(21-24-16)13-8-5-4-6-9-13/h4-6,8-9,12,14,22H,3,7,10-11H2,1-2H3,(H2,18,19,23). The van der Waals surface area contributed by atoms with Crippen LogP contribution in [0.15, 0.2) is 34.9 Å². The molecule has 1 aromatic heterocycles. The Hall–Kier alpha value is -2.41. The lowest BCUT2D eigenvalue weighted by Gasteiger charge is -2.13. The summed E-state index contributed by atoms with van der Waals surface area (Å²) in [7, 11) is 0. The van der Waals surface area contributed by atoms with Crippen molar-refractivity contribution in [1.29, 1.82) is 0 Å². The highest BCUT2D eigenvalue weighted by Gasteiger charge is 2.16. The minimum atomic E-state index is -0.512. The average molecular weight is 332 g/mol. The molecule has 24 heavy (non-hydrogen) atoms. The van der Waals surface area contributed by atoms with Gasteiger partial charge in [0.15, 0.2) is 0 Å². The van der Waals surface area contributed by atoms with Crippen molar-refractivity contribution < 1.29 is 14.4 Å². The van der Waals surface area contributed by atoms with Gasteiger partial charge in [0.05, 0.1) is 12.0 Å². The van der Waals surface area contributed by atoms with E-state index in [1.54, 1.807) is 0 Å². The zero-order valence-corrected chi connectivity index (χ0v) is 14.0. The maximum atomic E-state index is 11.7. The van der Waals surface area contributed by atoms with E-state index in [0.29, 0.717) is 24.7 Å². The number of aromatic nitrogens is 2. The first-order valence-electron chi connectivity index (χ1n) is 8.19. The second-order valence-corrected chi connectivity index (χ2v) is 5.76. The monoisotopic (exact) mass is 332 g/mol. The van der Waals surface area contributed by atoms with Gasteiger partial charge in [-0.15, -0.1) is 0 Å². The molecule has 3 N–H and O–H groups in total. The Morgan fingerprint density at radius 2 is 1.96 bits per heavy atom. The number of urea groups is 1. The molecule has 130 valence electrons. The van der Waals surface area contributed by atoms with Crippen LogP contribution in [0.4, 0.5) is 4.79 Å². The highest BCUT2D eigenvalue weighted by molar-refractivity contribution is 5.73. The highest BCUT2D eigenvalue weighted by atomic mass is 16.5. The molecule has 7 nitrogen and oxygen atoms in total. The number of amides is 2. The zero-order chi connectivity index (χ0) is 17.4. The van der Waals surface area contributed by atoms with E-state index in [1.807, 2.05) is 44.2 Å². The Kier molecular flexibility index (Phi) is 6.74. The molecule has 2 aromatic rings. The second kappa shape index (κ2) is 9.02. The van der Waals surface area contributed by atoms with Gasteiger partial charge in [0.1, 0.15) is 0 Å². The molecule has 2 unspecified atom stereocenters. The molecule has 0 saturated carbocycles. The van der Waals surface area contributed by atoms with E-state index in [4.69, 9.17) is 4.52 Å². The van der Waals surface area contributed by atoms with Crippen molar-refractivity contribution in [3.05, 3.63) is 36.2 Å². The number of hydrogen-bond acceptors (Lipinski definition) is 5. The van der Waals surface area contributed by atoms with Crippen molar-refractivity contribution >= 4 is 6.03 Å². The summed E-state index contributed by atoms with van der Waals surface area (Å²) >= 11 is 0. The van der Waals surface area contributed by atoms with Gasteiger partial charge in [-0.1, -0.05) is 55.8 Å². The van der Waals surface area contributed by atoms with Crippen LogP contribution in [-0.4, -0.2) is 40.5 Å². The number of nitrogens with zero attached hydrogens (tertiary/aromatic N) is 2. The SMILES string of the molecule is CCCC(O)CNC(=O)NCC(C)c1nc(-c2ccccc2)no1. The summed E-state index contributed by atoms with van der Waals surface area (Å²) in [5.74, 6) is 0.894. The summed E-state index contributed by atoms with van der Waals surface area (Å²) in [6.45, 7) is 4.49. The molecule has 0 aliphatic heterocycles. The molecule has 2 atom stereocenters. The summed E-state index contributed by atoms with van der Waals surface area (Å²) in [5.41, 5.74) is 0.885. The van der Waals surface area contributed by atoms with Gasteiger partial charge in [-0.25, -0.2) is 4.79 Å². The predicted molar refractivity (Wildman–Crippen MR) is 90.5 cm³/mol. The lowest BCUT2D eigenvalue weighted by molar-refractivity contribution is 0.160. The van der Waals surface area contributed by atoms with Gasteiger partial charge >= 0.3 is 6.03 Å². The largest absolute Gasteiger partial charge is 0.391 e. The van der Waals surface area contributed by atoms with Crippen molar-refractivity contribution in [2.45, 2.75) is 38.7 Å². The summed E-state index contributed by atoms with van der Waals surface area (Å²) < 4.78 is 5.27. The fourth-order valence-corrected chi connectivity index (χ4v) is 2.18. The molecule has 0 saturated heterocycles. The molecule has 0 aliphatic rings. The van der Waals surface area contributed by atoms with E-state index in [1.165, 1.54) is 0 Å². The van der Waals surface area contributed by atoms with Crippen LogP contribution in [0.2, 0.25) is 0 Å². The number of rotatable bonds is 8. The topological polar surface area (TPSA) is 100 Å². The van der Waals surface area contributed by atoms with E-state index < -0.39 is 6.10 Å². The van der Waals surface area contributed by atoms with Crippen molar-refractivity contribution in [2.24, 2.45) is 0 Å². The fourth-order valence-electron chi connectivity index (χ4n) is 2.18. The molecule has 1 aromatic carbocycles. The first-order valence-corrected chi connectivity index (χ1v) is 8.19. The highest BCUT2D eigenvalue weighted by Crippen LogP contribution is 2.18. The summed E-state index contributed by atoms with van der Waals surface area (Å²) in [4.78, 5) is 16.1. The van der Waals surface area contributed by atoms with E-state index in [9.17, 15) is 9.90 Å². The van der Waals surface area contributed by atoms with Gasteiger partial charge in [-0.2, -0.15) is 4.98 Å². The molecule has 0 fully saturated rings. The lowest BCUT2D eigenvalue weighted by atomic mass is 10.2. The zero-order valence-electron chi connectivity index (χ0n) is 14.0. The summed E-state index contributed by atoms with van der Waals surface area (Å²) in [6.07, 6.45) is 1.03. The van der Waals surface area contributed by atoms with Crippen LogP contribution < -0.4 is 10.6 Å². The van der Waals surface area contributed by atoms with Gasteiger partial charge in [0.25, 0.3) is 0 Å². The average Bonchev–Trinajstić information content (AvgIpc) is 3.09. The number of benzene rings is 1. The van der Waals surface area contributed by atoms with E-state index in [-0.39, 0.29) is 18.5 Å². The van der Waals surface area contributed by atoms with Crippen LogP contribution in [0.5, 0.6) is 0 Å². The minimum absolute atomic E-state index is 0.110. The number of nitrogens with one attached hydrogen (secondary N) is 2. The third-order valence-electron chi connectivity index (χ3n) is 3.58. The van der Waals surface area contributed by atoms with E-state index in [2.05, 4.69) is 20.8 Å². The third-order valence-corrected chi connectivity index (χ3v) is 3.58. The van der Waals surface area contributed by atoms with Crippen LogP contribution >= 0.6 is 0 Å².